The van der Waals surface area contributed by atoms with Crippen LogP contribution in [0.2, 0.25) is 0 Å². The molecular weight excluding hydrogens is 1070 g/mol. The maximum absolute atomic E-state index is 13.3. The summed E-state index contributed by atoms with van der Waals surface area (Å²) in [6.07, 6.45) is 9.60. The van der Waals surface area contributed by atoms with E-state index in [1.807, 2.05) is 152 Å². The summed E-state index contributed by atoms with van der Waals surface area (Å²) < 4.78 is 62.5. The first-order chi connectivity index (χ1) is 40.5. The molecule has 7 aromatic rings. The molecule has 14 heteroatoms. The van der Waals surface area contributed by atoms with Gasteiger partial charge in [-0.25, -0.2) is 8.42 Å². The van der Waals surface area contributed by atoms with Crippen LogP contribution in [0, 0.1) is 39.7 Å². The zero-order valence-electron chi connectivity index (χ0n) is 46.7. The van der Waals surface area contributed by atoms with Crippen molar-refractivity contribution in [3.63, 3.8) is 0 Å². The second kappa shape index (κ2) is 32.3. The Labute approximate surface area is 487 Å². The van der Waals surface area contributed by atoms with Crippen LogP contribution in [0.3, 0.4) is 0 Å². The maximum atomic E-state index is 13.3. The average Bonchev–Trinajstić information content (AvgIpc) is 4.45. The summed E-state index contributed by atoms with van der Waals surface area (Å²) in [6, 6.07) is 67.1. The monoisotopic (exact) mass is 1140 g/mol. The number of sulfone groups is 1. The molecular formula is C69H73NO12S. The fourth-order valence-corrected chi connectivity index (χ4v) is 12.1. The van der Waals surface area contributed by atoms with Gasteiger partial charge < -0.3 is 33.5 Å². The lowest BCUT2D eigenvalue weighted by atomic mass is 9.94. The number of rotatable bonds is 26. The predicted molar refractivity (Wildman–Crippen MR) is 320 cm³/mol. The zero-order valence-corrected chi connectivity index (χ0v) is 47.5. The number of aliphatic carboxylic acids is 1. The van der Waals surface area contributed by atoms with Gasteiger partial charge in [-0.05, 0) is 58.9 Å². The summed E-state index contributed by atoms with van der Waals surface area (Å²) in [4.78, 5) is 22.9. The maximum Gasteiger partial charge on any atom is 0.321 e. The van der Waals surface area contributed by atoms with Crippen LogP contribution in [0.25, 0.3) is 0 Å². The lowest BCUT2D eigenvalue weighted by molar-refractivity contribution is -0.506. The molecule has 9 atom stereocenters. The highest BCUT2D eigenvalue weighted by Gasteiger charge is 2.51. The number of carboxylic acid groups (broad SMARTS) is 1. The van der Waals surface area contributed by atoms with E-state index in [9.17, 15) is 28.4 Å². The third-order valence-electron chi connectivity index (χ3n) is 14.9. The van der Waals surface area contributed by atoms with Crippen molar-refractivity contribution in [3.8, 4) is 0 Å². The average molecular weight is 1140 g/mol. The minimum Gasteiger partial charge on any atom is -0.481 e. The summed E-state index contributed by atoms with van der Waals surface area (Å²) >= 11 is 0. The normalized spacial score (nSPS) is 21.0. The van der Waals surface area contributed by atoms with Crippen molar-refractivity contribution in [3.05, 3.63) is 292 Å². The topological polar surface area (TPSA) is 170 Å². The Hall–Kier alpha value is -7.66. The van der Waals surface area contributed by atoms with E-state index in [1.54, 1.807) is 36.4 Å². The zero-order chi connectivity index (χ0) is 58.1. The fourth-order valence-electron chi connectivity index (χ4n) is 10.3. The van der Waals surface area contributed by atoms with Crippen LogP contribution >= 0.6 is 0 Å². The Morgan fingerprint density at radius 3 is 1.29 bits per heavy atom. The van der Waals surface area contributed by atoms with Crippen molar-refractivity contribution >= 4 is 15.8 Å². The van der Waals surface area contributed by atoms with Gasteiger partial charge >= 0.3 is 11.3 Å². The molecule has 10 rings (SSSR count). The number of carbonyl (C=O) groups is 1. The molecule has 0 aromatic heterocycles. The summed E-state index contributed by atoms with van der Waals surface area (Å²) in [5, 5.41) is 19.7. The lowest BCUT2D eigenvalue weighted by Gasteiger charge is -2.27. The highest BCUT2D eigenvalue weighted by molar-refractivity contribution is 7.91. The van der Waals surface area contributed by atoms with Crippen molar-refractivity contribution < 1.29 is 51.7 Å². The molecule has 0 aliphatic heterocycles. The molecule has 0 bridgehead atoms. The highest BCUT2D eigenvalue weighted by Crippen LogP contribution is 2.37. The quantitative estimate of drug-likeness (QED) is 0.0310. The molecule has 432 valence electrons. The van der Waals surface area contributed by atoms with Crippen LogP contribution in [0.15, 0.2) is 253 Å². The Balaban J connectivity index is 0.000000167. The summed E-state index contributed by atoms with van der Waals surface area (Å²) in [6.45, 7) is 6.22. The van der Waals surface area contributed by atoms with Gasteiger partial charge in [0.05, 0.1) is 94.5 Å². The largest absolute Gasteiger partial charge is 0.481 e. The van der Waals surface area contributed by atoms with Crippen LogP contribution in [-0.2, 0) is 82.7 Å². The van der Waals surface area contributed by atoms with E-state index in [1.165, 1.54) is 28.8 Å². The molecule has 13 nitrogen and oxygen atoms in total. The van der Waals surface area contributed by atoms with Crippen molar-refractivity contribution in [2.24, 2.45) is 29.6 Å². The van der Waals surface area contributed by atoms with Gasteiger partial charge in [-0.1, -0.05) is 236 Å². The number of benzene rings is 7. The van der Waals surface area contributed by atoms with Crippen molar-refractivity contribution in [2.75, 3.05) is 19.8 Å². The molecule has 3 aliphatic carbocycles. The summed E-state index contributed by atoms with van der Waals surface area (Å²) in [7, 11) is -4.25. The first-order valence-corrected chi connectivity index (χ1v) is 29.6. The fraction of sp³-hybridized carbons (Fsp3) is 0.290. The Kier molecular flexibility index (Phi) is 23.9. The third kappa shape index (κ3) is 18.7. The van der Waals surface area contributed by atoms with E-state index in [4.69, 9.17) is 28.4 Å². The molecule has 0 heterocycles. The lowest BCUT2D eigenvalue weighted by Crippen LogP contribution is -2.42. The van der Waals surface area contributed by atoms with E-state index in [2.05, 4.69) is 49.4 Å². The van der Waals surface area contributed by atoms with Gasteiger partial charge in [-0.3, -0.25) is 14.9 Å². The van der Waals surface area contributed by atoms with Gasteiger partial charge in [-0.15, -0.1) is 0 Å². The molecule has 1 N–H and O–H groups in total. The Bertz CT molecular complexity index is 3230. The van der Waals surface area contributed by atoms with E-state index in [-0.39, 0.29) is 29.6 Å². The van der Waals surface area contributed by atoms with Gasteiger partial charge in [-0.2, -0.15) is 0 Å². The predicted octanol–water partition coefficient (Wildman–Crippen LogP) is 13.1. The van der Waals surface area contributed by atoms with Crippen LogP contribution in [0.1, 0.15) is 46.7 Å². The van der Waals surface area contributed by atoms with Crippen molar-refractivity contribution in [2.45, 2.75) is 81.6 Å². The number of nitro groups is 1. The SMILES string of the molecule is CC1=CC[C@H](OCc2ccccc2)[C@H]1COCc1ccccc1.O=C(O)[C@@H]1C=C[C@H](OCc2ccccc2)[C@H]1COCc1ccccc1.O=[N+]([O-])C([C@@H]1C=C[C@H](OCc2ccccc2)[C@H]1COCc1ccccc1)S(=O)(=O)c1ccccc1. The second-order valence-corrected chi connectivity index (χ2v) is 22.8. The van der Waals surface area contributed by atoms with E-state index in [0.717, 1.165) is 35.3 Å². The summed E-state index contributed by atoms with van der Waals surface area (Å²) in [5.41, 5.74) is 7.88. The van der Waals surface area contributed by atoms with Crippen molar-refractivity contribution in [1.82, 2.24) is 0 Å². The molecule has 0 spiro atoms. The van der Waals surface area contributed by atoms with Gasteiger partial charge in [0, 0.05) is 22.7 Å². The smallest absolute Gasteiger partial charge is 0.321 e. The number of ether oxygens (including phenoxy) is 6. The molecule has 0 saturated heterocycles. The highest BCUT2D eigenvalue weighted by atomic mass is 32.2. The molecule has 1 unspecified atom stereocenters. The third-order valence-corrected chi connectivity index (χ3v) is 16.9. The van der Waals surface area contributed by atoms with Gasteiger partial charge in [0.15, 0.2) is 0 Å². The van der Waals surface area contributed by atoms with Crippen LogP contribution in [0.5, 0.6) is 0 Å². The van der Waals surface area contributed by atoms with Crippen LogP contribution in [-0.4, -0.2) is 67.9 Å². The Morgan fingerprint density at radius 2 is 0.867 bits per heavy atom. The van der Waals surface area contributed by atoms with Gasteiger partial charge in [0.25, 0.3) is 0 Å². The van der Waals surface area contributed by atoms with E-state index in [0.29, 0.717) is 52.2 Å². The number of hydrogen-bond donors (Lipinski definition) is 1. The standard InChI is InChI=1S/C27H27NO6S.C21H22O4.C21H24O2/c29-28(30)27(35(31,32)23-14-8-3-9-15-23)24-16-17-26(34-19-22-12-6-2-7-13-22)25(24)20-33-18-21-10-4-1-5-11-21;22-21(23)18-11-12-20(25-14-17-9-5-2-6-10-17)19(18)15-24-13-16-7-3-1-4-8-16;1-17-12-13-21(23-15-19-10-6-3-7-11-19)20(17)16-22-14-18-8-4-2-5-9-18/h1-17,24-27H,18-20H2;1-12,18-20H,13-15H2,(H,22,23);2-12,20-21H,13-16H2,1H3/t24-,25+,26+,27?;18-,19+,20+;20-,21-/m110/s1. The molecule has 0 amide bonds. The van der Waals surface area contributed by atoms with Crippen molar-refractivity contribution in [1.29, 1.82) is 0 Å². The number of carboxylic acids is 1. The van der Waals surface area contributed by atoms with Crippen LogP contribution in [0.4, 0.5) is 0 Å². The number of hydrogen-bond acceptors (Lipinski definition) is 11. The molecule has 7 aromatic carbocycles. The van der Waals surface area contributed by atoms with Gasteiger partial charge in [0.1, 0.15) is 0 Å². The first kappa shape index (κ1) is 61.4. The molecule has 0 fully saturated rings. The van der Waals surface area contributed by atoms with Crippen LogP contribution < -0.4 is 0 Å². The number of nitrogens with zero attached hydrogens (tertiary/aromatic N) is 1. The van der Waals surface area contributed by atoms with E-state index >= 15 is 0 Å². The first-order valence-electron chi connectivity index (χ1n) is 28.0. The van der Waals surface area contributed by atoms with Gasteiger partial charge in [0.2, 0.25) is 9.84 Å². The Morgan fingerprint density at radius 1 is 0.506 bits per heavy atom. The van der Waals surface area contributed by atoms with E-state index < -0.39 is 50.0 Å². The minimum absolute atomic E-state index is 0.0762. The molecule has 3 aliphatic rings. The molecule has 0 radical (unpaired) electrons. The molecule has 0 saturated carbocycles. The second-order valence-electron chi connectivity index (χ2n) is 20.7. The minimum atomic E-state index is -4.25. The molecule has 83 heavy (non-hydrogen) atoms. The summed E-state index contributed by atoms with van der Waals surface area (Å²) in [5.74, 6) is -2.72.